The molecule has 0 spiro atoms. The van der Waals surface area contributed by atoms with Crippen LogP contribution in [0, 0.1) is 5.92 Å². The lowest BCUT2D eigenvalue weighted by molar-refractivity contribution is -0.143. The number of pyridine rings is 1. The highest BCUT2D eigenvalue weighted by molar-refractivity contribution is 7.25. The van der Waals surface area contributed by atoms with Gasteiger partial charge in [0.05, 0.1) is 28.8 Å². The van der Waals surface area contributed by atoms with Crippen LogP contribution in [0.2, 0.25) is 0 Å². The van der Waals surface area contributed by atoms with E-state index in [-0.39, 0.29) is 17.5 Å². The number of nitrogens with zero attached hydrogens (tertiary/aromatic N) is 4. The van der Waals surface area contributed by atoms with Crippen LogP contribution >= 0.6 is 11.3 Å². The number of rotatable bonds is 3. The second kappa shape index (κ2) is 6.35. The molecule has 26 heavy (non-hydrogen) atoms. The van der Waals surface area contributed by atoms with E-state index in [0.717, 1.165) is 28.7 Å². The fourth-order valence-electron chi connectivity index (χ4n) is 3.82. The Labute approximate surface area is 153 Å². The minimum atomic E-state index is -0.779. The molecule has 136 valence electrons. The van der Waals surface area contributed by atoms with E-state index in [2.05, 4.69) is 9.97 Å². The number of aliphatic carboxylic acids is 1. The Kier molecular flexibility index (Phi) is 4.14. The van der Waals surface area contributed by atoms with Crippen LogP contribution in [0.15, 0.2) is 23.4 Å². The van der Waals surface area contributed by atoms with Gasteiger partial charge in [-0.3, -0.25) is 14.2 Å². The predicted octanol–water partition coefficient (Wildman–Crippen LogP) is 2.89. The second-order valence-corrected chi connectivity index (χ2v) is 8.00. The lowest BCUT2D eigenvalue weighted by Crippen LogP contribution is -2.30. The highest BCUT2D eigenvalue weighted by Gasteiger charge is 2.29. The molecule has 2 atom stereocenters. The van der Waals surface area contributed by atoms with Crippen LogP contribution in [-0.2, 0) is 4.79 Å². The lowest BCUT2D eigenvalue weighted by atomic mass is 9.85. The first kappa shape index (κ1) is 17.0. The topological polar surface area (TPSA) is 88.3 Å². The molecule has 3 aromatic heterocycles. The zero-order valence-electron chi connectivity index (χ0n) is 14.7. The van der Waals surface area contributed by atoms with Gasteiger partial charge in [-0.2, -0.15) is 0 Å². The van der Waals surface area contributed by atoms with Crippen molar-refractivity contribution in [3.63, 3.8) is 0 Å². The van der Waals surface area contributed by atoms with Gasteiger partial charge < -0.3 is 10.0 Å². The average Bonchev–Trinajstić information content (AvgIpc) is 3.01. The van der Waals surface area contributed by atoms with Crippen LogP contribution in [0.25, 0.3) is 20.4 Å². The number of carbonyl (C=O) groups is 1. The molecule has 0 aromatic carbocycles. The monoisotopic (exact) mass is 372 g/mol. The van der Waals surface area contributed by atoms with Crippen molar-refractivity contribution in [3.05, 3.63) is 28.9 Å². The first-order valence-electron chi connectivity index (χ1n) is 8.66. The summed E-state index contributed by atoms with van der Waals surface area (Å²) in [5, 5.41) is 10.2. The van der Waals surface area contributed by atoms with E-state index in [1.807, 2.05) is 25.1 Å². The summed E-state index contributed by atoms with van der Waals surface area (Å²) >= 11 is 1.36. The highest BCUT2D eigenvalue weighted by atomic mass is 32.1. The molecule has 2 unspecified atom stereocenters. The van der Waals surface area contributed by atoms with E-state index in [4.69, 9.17) is 0 Å². The van der Waals surface area contributed by atoms with Crippen LogP contribution in [0.1, 0.15) is 31.7 Å². The van der Waals surface area contributed by atoms with Crippen molar-refractivity contribution in [2.45, 2.75) is 31.7 Å². The van der Waals surface area contributed by atoms with Gasteiger partial charge in [-0.25, -0.2) is 9.97 Å². The van der Waals surface area contributed by atoms with Crippen LogP contribution < -0.4 is 10.5 Å². The Morgan fingerprint density at radius 2 is 2.15 bits per heavy atom. The Morgan fingerprint density at radius 1 is 1.35 bits per heavy atom. The predicted molar refractivity (Wildman–Crippen MR) is 102 cm³/mol. The normalized spacial score (nSPS) is 20.5. The van der Waals surface area contributed by atoms with Crippen molar-refractivity contribution in [1.82, 2.24) is 14.5 Å². The Morgan fingerprint density at radius 3 is 2.88 bits per heavy atom. The maximum Gasteiger partial charge on any atom is 0.306 e. The van der Waals surface area contributed by atoms with Crippen LogP contribution in [0.4, 0.5) is 5.69 Å². The first-order valence-corrected chi connectivity index (χ1v) is 9.47. The van der Waals surface area contributed by atoms with E-state index in [1.54, 1.807) is 17.1 Å². The van der Waals surface area contributed by atoms with Crippen LogP contribution in [-0.4, -0.2) is 39.7 Å². The van der Waals surface area contributed by atoms with Gasteiger partial charge in [0.15, 0.2) is 0 Å². The Balaban J connectivity index is 1.86. The minimum absolute atomic E-state index is 0.0984. The molecule has 0 bridgehead atoms. The fourth-order valence-corrected chi connectivity index (χ4v) is 4.88. The number of hydrogen-bond acceptors (Lipinski definition) is 6. The van der Waals surface area contributed by atoms with Gasteiger partial charge >= 0.3 is 5.97 Å². The molecule has 1 aliphatic carbocycles. The summed E-state index contributed by atoms with van der Waals surface area (Å²) in [7, 11) is 3.90. The molecule has 7 nitrogen and oxygen atoms in total. The van der Waals surface area contributed by atoms with E-state index < -0.39 is 5.97 Å². The SMILES string of the molecule is CN(C)c1ccnc2sc3c(=O)n(C4CCCC(C(=O)O)C4)cnc3c12. The van der Waals surface area contributed by atoms with Crippen molar-refractivity contribution in [3.8, 4) is 0 Å². The van der Waals surface area contributed by atoms with Gasteiger partial charge in [-0.1, -0.05) is 6.42 Å². The molecule has 3 heterocycles. The third-order valence-corrected chi connectivity index (χ3v) is 6.23. The van der Waals surface area contributed by atoms with Gasteiger partial charge in [0, 0.05) is 26.3 Å². The lowest BCUT2D eigenvalue weighted by Gasteiger charge is -2.27. The van der Waals surface area contributed by atoms with Crippen molar-refractivity contribution < 1.29 is 9.90 Å². The first-order chi connectivity index (χ1) is 12.5. The average molecular weight is 372 g/mol. The number of thiophene rings is 1. The molecule has 8 heteroatoms. The van der Waals surface area contributed by atoms with E-state index >= 15 is 0 Å². The summed E-state index contributed by atoms with van der Waals surface area (Å²) < 4.78 is 2.21. The molecule has 1 N–H and O–H groups in total. The summed E-state index contributed by atoms with van der Waals surface area (Å²) in [6.45, 7) is 0. The Bertz CT molecular complexity index is 1060. The third kappa shape index (κ3) is 2.65. The summed E-state index contributed by atoms with van der Waals surface area (Å²) in [6, 6.07) is 1.81. The highest BCUT2D eigenvalue weighted by Crippen LogP contribution is 2.36. The molecule has 0 saturated heterocycles. The molecule has 1 fully saturated rings. The maximum atomic E-state index is 13.1. The Hall–Kier alpha value is -2.48. The second-order valence-electron chi connectivity index (χ2n) is 7.00. The zero-order valence-corrected chi connectivity index (χ0v) is 15.5. The van der Waals surface area contributed by atoms with Gasteiger partial charge in [0.2, 0.25) is 0 Å². The molecular formula is C18H20N4O3S. The standard InChI is InChI=1S/C18H20N4O3S/c1-21(2)12-6-7-19-16-13(12)14-15(26-16)17(23)22(9-20-14)11-5-3-4-10(8-11)18(24)25/h6-7,9-11H,3-5,8H2,1-2H3,(H,24,25). The van der Waals surface area contributed by atoms with Crippen molar-refractivity contribution in [2.24, 2.45) is 5.92 Å². The quantitative estimate of drug-likeness (QED) is 0.760. The number of carboxylic acids is 1. The summed E-state index contributed by atoms with van der Waals surface area (Å²) in [5.74, 6) is -1.17. The fraction of sp³-hybridized carbons (Fsp3) is 0.444. The van der Waals surface area contributed by atoms with Gasteiger partial charge in [0.1, 0.15) is 9.53 Å². The van der Waals surface area contributed by atoms with Crippen LogP contribution in [0.5, 0.6) is 0 Å². The van der Waals surface area contributed by atoms with Crippen molar-refractivity contribution in [2.75, 3.05) is 19.0 Å². The number of aromatic nitrogens is 3. The molecule has 1 aliphatic rings. The van der Waals surface area contributed by atoms with Gasteiger partial charge in [-0.15, -0.1) is 11.3 Å². The third-order valence-electron chi connectivity index (χ3n) is 5.16. The maximum absolute atomic E-state index is 13.1. The minimum Gasteiger partial charge on any atom is -0.481 e. The largest absolute Gasteiger partial charge is 0.481 e. The molecular weight excluding hydrogens is 352 g/mol. The summed E-state index contributed by atoms with van der Waals surface area (Å²) in [6.07, 6.45) is 6.10. The zero-order chi connectivity index (χ0) is 18.4. The van der Waals surface area contributed by atoms with Crippen molar-refractivity contribution in [1.29, 1.82) is 0 Å². The molecule has 4 rings (SSSR count). The van der Waals surface area contributed by atoms with Crippen molar-refractivity contribution >= 4 is 43.4 Å². The molecule has 0 radical (unpaired) electrons. The van der Waals surface area contributed by atoms with E-state index in [0.29, 0.717) is 23.1 Å². The molecule has 0 amide bonds. The summed E-state index contributed by atoms with van der Waals surface area (Å²) in [4.78, 5) is 36.2. The van der Waals surface area contributed by atoms with E-state index in [1.165, 1.54) is 11.3 Å². The number of hydrogen-bond donors (Lipinski definition) is 1. The number of fused-ring (bicyclic) bond motifs is 3. The molecule has 3 aromatic rings. The van der Waals surface area contributed by atoms with Gasteiger partial charge in [0.25, 0.3) is 5.56 Å². The molecule has 0 aliphatic heterocycles. The summed E-state index contributed by atoms with van der Waals surface area (Å²) in [5.41, 5.74) is 1.56. The van der Waals surface area contributed by atoms with E-state index in [9.17, 15) is 14.7 Å². The van der Waals surface area contributed by atoms with Crippen LogP contribution in [0.3, 0.4) is 0 Å². The molecule has 1 saturated carbocycles. The smallest absolute Gasteiger partial charge is 0.306 e. The number of carboxylic acid groups (broad SMARTS) is 1. The number of anilines is 1. The van der Waals surface area contributed by atoms with Gasteiger partial charge in [-0.05, 0) is 25.3 Å².